The van der Waals surface area contributed by atoms with Crippen molar-refractivity contribution in [2.24, 2.45) is 0 Å². The maximum atomic E-state index is 13.1. The molecule has 0 bridgehead atoms. The fraction of sp³-hybridized carbons (Fsp3) is 0.346. The van der Waals surface area contributed by atoms with Gasteiger partial charge in [0, 0.05) is 41.4 Å². The van der Waals surface area contributed by atoms with Crippen molar-refractivity contribution in [2.75, 3.05) is 10.6 Å². The molecule has 0 aliphatic carbocycles. The summed E-state index contributed by atoms with van der Waals surface area (Å²) in [6, 6.07) is 9.57. The van der Waals surface area contributed by atoms with Gasteiger partial charge in [0.05, 0.1) is 11.1 Å². The Kier molecular flexibility index (Phi) is 5.05. The van der Waals surface area contributed by atoms with Crippen LogP contribution in [0.4, 0.5) is 17.3 Å². The zero-order valence-electron chi connectivity index (χ0n) is 20.8. The van der Waals surface area contributed by atoms with E-state index >= 15 is 0 Å². The largest absolute Gasteiger partial charge is 0.325 e. The van der Waals surface area contributed by atoms with E-state index in [0.29, 0.717) is 23.5 Å². The Morgan fingerprint density at radius 3 is 2.57 bits per heavy atom. The summed E-state index contributed by atoms with van der Waals surface area (Å²) in [7, 11) is 0. The average molecular weight is 472 g/mol. The highest BCUT2D eigenvalue weighted by molar-refractivity contribution is 6.06. The van der Waals surface area contributed by atoms with Gasteiger partial charge in [-0.15, -0.1) is 0 Å². The molecular weight excluding hydrogens is 442 g/mol. The van der Waals surface area contributed by atoms with Gasteiger partial charge < -0.3 is 10.6 Å². The zero-order valence-corrected chi connectivity index (χ0v) is 20.8. The van der Waals surface area contributed by atoms with Gasteiger partial charge in [0.25, 0.3) is 5.56 Å². The topological polar surface area (TPSA) is 107 Å². The Morgan fingerprint density at radius 2 is 1.86 bits per heavy atom. The normalized spacial score (nSPS) is 14.7. The maximum Gasteiger partial charge on any atom is 0.278 e. The molecule has 35 heavy (non-hydrogen) atoms. The van der Waals surface area contributed by atoms with Crippen LogP contribution in [0.2, 0.25) is 0 Å². The van der Waals surface area contributed by atoms with Crippen molar-refractivity contribution in [2.45, 2.75) is 58.9 Å². The molecule has 0 radical (unpaired) electrons. The van der Waals surface area contributed by atoms with Crippen LogP contribution in [0.1, 0.15) is 52.8 Å². The van der Waals surface area contributed by atoms with Crippen molar-refractivity contribution in [3.05, 3.63) is 64.3 Å². The molecule has 0 saturated heterocycles. The number of hydrogen-bond donors (Lipinski definition) is 2. The first-order chi connectivity index (χ1) is 16.5. The van der Waals surface area contributed by atoms with E-state index in [9.17, 15) is 9.59 Å². The molecule has 1 amide bonds. The standard InChI is InChI=1S/C26H29N7O2/c1-7-32-22(34)17-14-28-24(29-15-8-9-18-19(12-15)30-23(35)26(18,5)6)31-21(17)33(32)16-10-11-27-20(13-16)25(2,3)4/h8-14H,7H2,1-6H3,(H,30,35)(H,28,29,31). The summed E-state index contributed by atoms with van der Waals surface area (Å²) in [5.41, 5.74) is 3.84. The zero-order chi connectivity index (χ0) is 25.1. The summed E-state index contributed by atoms with van der Waals surface area (Å²) in [6.45, 7) is 12.5. The number of aromatic nitrogens is 5. The van der Waals surface area contributed by atoms with Crippen molar-refractivity contribution < 1.29 is 4.79 Å². The average Bonchev–Trinajstić information content (AvgIpc) is 3.21. The summed E-state index contributed by atoms with van der Waals surface area (Å²) in [5.74, 6) is 0.326. The van der Waals surface area contributed by atoms with Gasteiger partial charge in [0.1, 0.15) is 5.39 Å². The Bertz CT molecular complexity index is 1540. The van der Waals surface area contributed by atoms with Gasteiger partial charge in [-0.3, -0.25) is 14.6 Å². The highest BCUT2D eigenvalue weighted by Gasteiger charge is 2.38. The number of carbonyl (C=O) groups excluding carboxylic acids is 1. The second-order valence-corrected chi connectivity index (χ2v) is 10.4. The molecule has 2 N–H and O–H groups in total. The minimum atomic E-state index is -0.571. The number of anilines is 3. The van der Waals surface area contributed by atoms with Crippen LogP contribution >= 0.6 is 0 Å². The molecule has 0 fully saturated rings. The number of nitrogens with zero attached hydrogens (tertiary/aromatic N) is 5. The monoisotopic (exact) mass is 471 g/mol. The Balaban J connectivity index is 1.59. The number of rotatable bonds is 4. The second kappa shape index (κ2) is 7.76. The predicted octanol–water partition coefficient (Wildman–Crippen LogP) is 4.27. The lowest BCUT2D eigenvalue weighted by atomic mass is 9.86. The Hall–Kier alpha value is -4.01. The predicted molar refractivity (Wildman–Crippen MR) is 137 cm³/mol. The molecule has 9 nitrogen and oxygen atoms in total. The van der Waals surface area contributed by atoms with Crippen molar-refractivity contribution in [1.82, 2.24) is 24.3 Å². The molecule has 9 heteroatoms. The van der Waals surface area contributed by atoms with Crippen LogP contribution in [0, 0.1) is 0 Å². The number of fused-ring (bicyclic) bond motifs is 2. The summed E-state index contributed by atoms with van der Waals surface area (Å²) in [5, 5.41) is 6.59. The molecule has 1 aromatic carbocycles. The van der Waals surface area contributed by atoms with E-state index in [2.05, 4.69) is 41.4 Å². The van der Waals surface area contributed by atoms with Crippen LogP contribution in [0.15, 0.2) is 47.5 Å². The van der Waals surface area contributed by atoms with E-state index in [1.807, 2.05) is 55.8 Å². The molecule has 0 spiro atoms. The lowest BCUT2D eigenvalue weighted by Gasteiger charge is -2.19. The van der Waals surface area contributed by atoms with Crippen LogP contribution in [0.3, 0.4) is 0 Å². The lowest BCUT2D eigenvalue weighted by molar-refractivity contribution is -0.119. The molecule has 180 valence electrons. The number of benzene rings is 1. The quantitative estimate of drug-likeness (QED) is 0.460. The number of amides is 1. The van der Waals surface area contributed by atoms with Gasteiger partial charge >= 0.3 is 0 Å². The van der Waals surface area contributed by atoms with E-state index in [1.54, 1.807) is 17.1 Å². The second-order valence-electron chi connectivity index (χ2n) is 10.4. The first-order valence-corrected chi connectivity index (χ1v) is 11.7. The summed E-state index contributed by atoms with van der Waals surface area (Å²) in [4.78, 5) is 39.0. The third-order valence-electron chi connectivity index (χ3n) is 6.50. The molecule has 0 unspecified atom stereocenters. The first-order valence-electron chi connectivity index (χ1n) is 11.7. The summed E-state index contributed by atoms with van der Waals surface area (Å²) >= 11 is 0. The van der Waals surface area contributed by atoms with E-state index in [-0.39, 0.29) is 16.9 Å². The van der Waals surface area contributed by atoms with Crippen molar-refractivity contribution in [3.63, 3.8) is 0 Å². The van der Waals surface area contributed by atoms with Crippen LogP contribution in [0.25, 0.3) is 16.7 Å². The van der Waals surface area contributed by atoms with E-state index in [1.165, 1.54) is 0 Å². The summed E-state index contributed by atoms with van der Waals surface area (Å²) in [6.07, 6.45) is 3.31. The number of carbonyl (C=O) groups is 1. The van der Waals surface area contributed by atoms with E-state index < -0.39 is 5.41 Å². The van der Waals surface area contributed by atoms with Gasteiger partial charge in [-0.2, -0.15) is 4.98 Å². The highest BCUT2D eigenvalue weighted by atomic mass is 16.2. The fourth-order valence-electron chi connectivity index (χ4n) is 4.40. The van der Waals surface area contributed by atoms with Gasteiger partial charge in [-0.25, -0.2) is 14.3 Å². The molecule has 4 aromatic rings. The third-order valence-corrected chi connectivity index (χ3v) is 6.50. The molecule has 5 rings (SSSR count). The van der Waals surface area contributed by atoms with Gasteiger partial charge in [0.15, 0.2) is 5.65 Å². The van der Waals surface area contributed by atoms with Gasteiger partial charge in [0.2, 0.25) is 11.9 Å². The molecule has 4 heterocycles. The molecule has 0 saturated carbocycles. The molecule has 1 aliphatic heterocycles. The van der Waals surface area contributed by atoms with Crippen LogP contribution in [-0.4, -0.2) is 30.2 Å². The molecule has 3 aromatic heterocycles. The SMILES string of the molecule is CCn1c(=O)c2cnc(Nc3ccc4c(c3)NC(=O)C4(C)C)nc2n1-c1ccnc(C(C)(C)C)c1. The third kappa shape index (κ3) is 3.67. The van der Waals surface area contributed by atoms with Crippen molar-refractivity contribution in [1.29, 1.82) is 0 Å². The summed E-state index contributed by atoms with van der Waals surface area (Å²) < 4.78 is 3.48. The maximum absolute atomic E-state index is 13.1. The smallest absolute Gasteiger partial charge is 0.278 e. The highest BCUT2D eigenvalue weighted by Crippen LogP contribution is 2.39. The van der Waals surface area contributed by atoms with Crippen molar-refractivity contribution in [3.8, 4) is 5.69 Å². The Morgan fingerprint density at radius 1 is 1.09 bits per heavy atom. The number of hydrogen-bond acceptors (Lipinski definition) is 6. The minimum Gasteiger partial charge on any atom is -0.325 e. The first kappa shape index (κ1) is 22.8. The molecule has 0 atom stereocenters. The van der Waals surface area contributed by atoms with Crippen LogP contribution < -0.4 is 16.2 Å². The van der Waals surface area contributed by atoms with E-state index in [0.717, 1.165) is 28.3 Å². The lowest BCUT2D eigenvalue weighted by Crippen LogP contribution is -2.26. The molecule has 1 aliphatic rings. The minimum absolute atomic E-state index is 0.0285. The number of pyridine rings is 1. The molecular formula is C26H29N7O2. The van der Waals surface area contributed by atoms with Gasteiger partial charge in [-0.1, -0.05) is 26.8 Å². The van der Waals surface area contributed by atoms with Crippen LogP contribution in [0.5, 0.6) is 0 Å². The van der Waals surface area contributed by atoms with Crippen molar-refractivity contribution >= 4 is 34.3 Å². The number of nitrogens with one attached hydrogen (secondary N) is 2. The van der Waals surface area contributed by atoms with Crippen LogP contribution in [-0.2, 0) is 22.2 Å². The Labute approximate surface area is 203 Å². The van der Waals surface area contributed by atoms with Gasteiger partial charge in [-0.05, 0) is 50.6 Å². The van der Waals surface area contributed by atoms with E-state index in [4.69, 9.17) is 4.98 Å². The fourth-order valence-corrected chi connectivity index (χ4v) is 4.40.